The van der Waals surface area contributed by atoms with Gasteiger partial charge in [0.2, 0.25) is 6.08 Å². The van der Waals surface area contributed by atoms with Gasteiger partial charge in [-0.15, -0.1) is 11.3 Å². The number of methoxy groups -OCH3 is 1. The maximum atomic E-state index is 11.1. The van der Waals surface area contributed by atoms with Crippen molar-refractivity contribution in [2.75, 3.05) is 7.11 Å². The largest absolute Gasteiger partial charge is 0.469 e. The van der Waals surface area contributed by atoms with Crippen molar-refractivity contribution in [2.45, 2.75) is 19.4 Å². The molecule has 80 valence electrons. The van der Waals surface area contributed by atoms with Crippen LogP contribution in [0.2, 0.25) is 0 Å². The van der Waals surface area contributed by atoms with Crippen molar-refractivity contribution in [1.82, 2.24) is 0 Å². The summed E-state index contributed by atoms with van der Waals surface area (Å²) >= 11 is 1.47. The second-order valence-corrected chi connectivity index (χ2v) is 3.99. The Balaban J connectivity index is 2.83. The minimum Gasteiger partial charge on any atom is -0.469 e. The molecule has 1 atom stereocenters. The van der Waals surface area contributed by atoms with Gasteiger partial charge in [-0.3, -0.25) is 4.79 Å². The highest BCUT2D eigenvalue weighted by molar-refractivity contribution is 7.10. The summed E-state index contributed by atoms with van der Waals surface area (Å²) in [7, 11) is 1.31. The molecular weight excluding hydrogens is 214 g/mol. The van der Waals surface area contributed by atoms with Crippen LogP contribution >= 0.6 is 11.3 Å². The predicted octanol–water partition coefficient (Wildman–Crippen LogP) is 2.00. The molecule has 4 nitrogen and oxygen atoms in total. The van der Waals surface area contributed by atoms with Crippen LogP contribution in [0, 0.1) is 6.92 Å². The number of carbonyl (C=O) groups is 1. The fraction of sp³-hybridized carbons (Fsp3) is 0.400. The lowest BCUT2D eigenvalue weighted by molar-refractivity contribution is -0.141. The molecule has 0 saturated heterocycles. The van der Waals surface area contributed by atoms with Gasteiger partial charge in [-0.1, -0.05) is 0 Å². The first-order chi connectivity index (χ1) is 7.17. The Morgan fingerprint density at radius 3 is 2.93 bits per heavy atom. The van der Waals surface area contributed by atoms with E-state index in [1.54, 1.807) is 0 Å². The third-order valence-electron chi connectivity index (χ3n) is 1.88. The number of ether oxygens (including phenoxy) is 1. The highest BCUT2D eigenvalue weighted by atomic mass is 32.1. The molecule has 0 amide bonds. The molecule has 0 saturated carbocycles. The monoisotopic (exact) mass is 225 g/mol. The molecule has 0 spiro atoms. The molecule has 0 fully saturated rings. The first kappa shape index (κ1) is 11.6. The van der Waals surface area contributed by atoms with E-state index in [1.807, 2.05) is 18.4 Å². The number of esters is 1. The molecule has 1 aromatic heterocycles. The third-order valence-corrected chi connectivity index (χ3v) is 3.03. The molecule has 0 bridgehead atoms. The van der Waals surface area contributed by atoms with Crippen LogP contribution in [-0.4, -0.2) is 19.2 Å². The second-order valence-electron chi connectivity index (χ2n) is 3.04. The van der Waals surface area contributed by atoms with Crippen LogP contribution in [0.15, 0.2) is 16.4 Å². The van der Waals surface area contributed by atoms with E-state index in [0.29, 0.717) is 0 Å². The van der Waals surface area contributed by atoms with Gasteiger partial charge < -0.3 is 4.74 Å². The molecule has 0 N–H and O–H groups in total. The minimum atomic E-state index is -0.464. The van der Waals surface area contributed by atoms with Gasteiger partial charge in [-0.2, -0.15) is 4.99 Å². The van der Waals surface area contributed by atoms with E-state index in [-0.39, 0.29) is 12.4 Å². The van der Waals surface area contributed by atoms with Crippen molar-refractivity contribution in [3.63, 3.8) is 0 Å². The Labute approximate surface area is 91.6 Å². The number of hydrogen-bond donors (Lipinski definition) is 0. The lowest BCUT2D eigenvalue weighted by atomic mass is 10.1. The van der Waals surface area contributed by atoms with Crippen LogP contribution in [0.4, 0.5) is 0 Å². The molecule has 0 aliphatic heterocycles. The lowest BCUT2D eigenvalue weighted by Crippen LogP contribution is -2.05. The standard InChI is InChI=1S/C10H11NO3S/c1-7-3-9(15-5-7)8(11-6-12)4-10(13)14-2/h3,5,8H,4H2,1-2H3. The van der Waals surface area contributed by atoms with E-state index >= 15 is 0 Å². The summed E-state index contributed by atoms with van der Waals surface area (Å²) in [5.41, 5.74) is 1.09. The Morgan fingerprint density at radius 2 is 2.47 bits per heavy atom. The van der Waals surface area contributed by atoms with Gasteiger partial charge in [0.1, 0.15) is 6.04 Å². The summed E-state index contributed by atoms with van der Waals surface area (Å²) in [5.74, 6) is -0.384. The van der Waals surface area contributed by atoms with Gasteiger partial charge in [0.05, 0.1) is 13.5 Å². The topological polar surface area (TPSA) is 55.7 Å². The van der Waals surface area contributed by atoms with Crippen molar-refractivity contribution < 1.29 is 14.3 Å². The summed E-state index contributed by atoms with van der Waals surface area (Å²) in [6.07, 6.45) is 1.55. The second kappa shape index (κ2) is 5.44. The first-order valence-corrected chi connectivity index (χ1v) is 5.24. The van der Waals surface area contributed by atoms with Gasteiger partial charge >= 0.3 is 5.97 Å². The first-order valence-electron chi connectivity index (χ1n) is 4.36. The maximum Gasteiger partial charge on any atom is 0.308 e. The van der Waals surface area contributed by atoms with Gasteiger partial charge in [0, 0.05) is 4.88 Å². The molecule has 1 heterocycles. The summed E-state index contributed by atoms with van der Waals surface area (Å²) in [6, 6.07) is 1.44. The smallest absolute Gasteiger partial charge is 0.308 e. The third kappa shape index (κ3) is 3.31. The van der Waals surface area contributed by atoms with E-state index in [1.165, 1.54) is 24.5 Å². The van der Waals surface area contributed by atoms with Crippen molar-refractivity contribution in [1.29, 1.82) is 0 Å². The van der Waals surface area contributed by atoms with E-state index in [2.05, 4.69) is 9.73 Å². The van der Waals surface area contributed by atoms with Crippen molar-refractivity contribution in [3.05, 3.63) is 21.9 Å². The highest BCUT2D eigenvalue weighted by Crippen LogP contribution is 2.27. The zero-order chi connectivity index (χ0) is 11.3. The summed E-state index contributed by atoms with van der Waals surface area (Å²) in [5, 5.41) is 1.94. The van der Waals surface area contributed by atoms with Crippen LogP contribution in [0.3, 0.4) is 0 Å². The molecule has 0 radical (unpaired) electrons. The molecule has 0 aliphatic rings. The number of hydrogen-bond acceptors (Lipinski definition) is 5. The predicted molar refractivity (Wildman–Crippen MR) is 56.6 cm³/mol. The molecule has 1 rings (SSSR count). The Hall–Kier alpha value is -1.45. The molecule has 5 heteroatoms. The van der Waals surface area contributed by atoms with Crippen molar-refractivity contribution in [2.24, 2.45) is 4.99 Å². The van der Waals surface area contributed by atoms with Gasteiger partial charge in [0.15, 0.2) is 0 Å². The van der Waals surface area contributed by atoms with Gasteiger partial charge in [0.25, 0.3) is 0 Å². The molecule has 1 unspecified atom stereocenters. The van der Waals surface area contributed by atoms with Gasteiger partial charge in [-0.25, -0.2) is 4.79 Å². The molecule has 1 aromatic rings. The summed E-state index contributed by atoms with van der Waals surface area (Å²) in [6.45, 7) is 1.94. The van der Waals surface area contributed by atoms with E-state index in [0.717, 1.165) is 10.4 Å². The minimum absolute atomic E-state index is 0.0751. The van der Waals surface area contributed by atoms with Crippen LogP contribution in [-0.2, 0) is 14.3 Å². The fourth-order valence-electron chi connectivity index (χ4n) is 1.14. The highest BCUT2D eigenvalue weighted by Gasteiger charge is 2.17. The van der Waals surface area contributed by atoms with Crippen LogP contribution < -0.4 is 0 Å². The maximum absolute atomic E-state index is 11.1. The number of isocyanates is 1. The Bertz CT molecular complexity index is 393. The number of nitrogens with zero attached hydrogens (tertiary/aromatic N) is 1. The molecule has 0 aromatic carbocycles. The van der Waals surface area contributed by atoms with E-state index in [4.69, 9.17) is 0 Å². The number of thiophene rings is 1. The quantitative estimate of drug-likeness (QED) is 0.447. The van der Waals surface area contributed by atoms with Crippen molar-refractivity contribution >= 4 is 23.4 Å². The Kier molecular flexibility index (Phi) is 4.21. The van der Waals surface area contributed by atoms with Crippen LogP contribution in [0.1, 0.15) is 22.9 Å². The number of aryl methyl sites for hydroxylation is 1. The average molecular weight is 225 g/mol. The average Bonchev–Trinajstić information content (AvgIpc) is 2.64. The summed E-state index contributed by atoms with van der Waals surface area (Å²) < 4.78 is 4.53. The number of aliphatic imine (C=N–C) groups is 1. The van der Waals surface area contributed by atoms with Crippen molar-refractivity contribution in [3.8, 4) is 0 Å². The molecule has 15 heavy (non-hydrogen) atoms. The number of carbonyl (C=O) groups excluding carboxylic acids is 2. The lowest BCUT2D eigenvalue weighted by Gasteiger charge is -2.05. The number of rotatable bonds is 4. The van der Waals surface area contributed by atoms with Gasteiger partial charge in [-0.05, 0) is 23.9 Å². The molecule has 0 aliphatic carbocycles. The Morgan fingerprint density at radius 1 is 1.73 bits per heavy atom. The van der Waals surface area contributed by atoms with E-state index < -0.39 is 6.04 Å². The summed E-state index contributed by atoms with van der Waals surface area (Å²) in [4.78, 5) is 25.8. The van der Waals surface area contributed by atoms with Crippen LogP contribution in [0.25, 0.3) is 0 Å². The zero-order valence-corrected chi connectivity index (χ0v) is 9.34. The molecular formula is C10H11NO3S. The van der Waals surface area contributed by atoms with Crippen LogP contribution in [0.5, 0.6) is 0 Å². The zero-order valence-electron chi connectivity index (χ0n) is 8.52. The normalized spacial score (nSPS) is 11.6. The fourth-order valence-corrected chi connectivity index (χ4v) is 2.08. The van der Waals surface area contributed by atoms with E-state index in [9.17, 15) is 9.59 Å². The SMILES string of the molecule is COC(=O)CC(N=C=O)c1cc(C)cs1.